The first-order chi connectivity index (χ1) is 9.72. The van der Waals surface area contributed by atoms with Crippen molar-refractivity contribution in [1.82, 2.24) is 0 Å². The Morgan fingerprint density at radius 2 is 2.25 bits per heavy atom. The van der Waals surface area contributed by atoms with Crippen molar-refractivity contribution in [3.8, 4) is 0 Å². The van der Waals surface area contributed by atoms with Crippen LogP contribution in [0.5, 0.6) is 0 Å². The first-order valence-electron chi connectivity index (χ1n) is 7.73. The van der Waals surface area contributed by atoms with Crippen molar-refractivity contribution in [2.24, 2.45) is 11.7 Å². The minimum absolute atomic E-state index is 0.0966. The van der Waals surface area contributed by atoms with Crippen LogP contribution in [-0.4, -0.2) is 18.6 Å². The minimum Gasteiger partial charge on any atom is -0.459 e. The van der Waals surface area contributed by atoms with Gasteiger partial charge in [0.1, 0.15) is 6.10 Å². The highest BCUT2D eigenvalue weighted by Crippen LogP contribution is 2.29. The van der Waals surface area contributed by atoms with Crippen molar-refractivity contribution < 1.29 is 9.53 Å². The van der Waals surface area contributed by atoms with E-state index >= 15 is 0 Å². The number of esters is 1. The molecule has 1 aromatic rings. The number of carbonyl (C=O) groups is 1. The molecule has 0 amide bonds. The molecule has 3 heteroatoms. The Labute approximate surface area is 121 Å². The summed E-state index contributed by atoms with van der Waals surface area (Å²) >= 11 is 0. The Bertz CT molecular complexity index is 444. The fourth-order valence-corrected chi connectivity index (χ4v) is 2.96. The fourth-order valence-electron chi connectivity index (χ4n) is 2.96. The molecule has 2 rings (SSSR count). The van der Waals surface area contributed by atoms with Crippen molar-refractivity contribution in [2.75, 3.05) is 6.54 Å². The van der Waals surface area contributed by atoms with Gasteiger partial charge < -0.3 is 10.5 Å². The number of rotatable bonds is 5. The van der Waals surface area contributed by atoms with Crippen molar-refractivity contribution >= 4 is 5.97 Å². The van der Waals surface area contributed by atoms with E-state index in [1.165, 1.54) is 19.3 Å². The van der Waals surface area contributed by atoms with E-state index in [0.29, 0.717) is 18.0 Å². The van der Waals surface area contributed by atoms with Crippen LogP contribution >= 0.6 is 0 Å². The molecular weight excluding hydrogens is 250 g/mol. The molecule has 0 spiro atoms. The van der Waals surface area contributed by atoms with Crippen molar-refractivity contribution in [1.29, 1.82) is 0 Å². The number of carbonyl (C=O) groups excluding carboxylic acids is 1. The molecule has 3 nitrogen and oxygen atoms in total. The SMILES string of the molecule is CCC1CCCC(OC(=O)c2cccc(CCN)c2)C1. The van der Waals surface area contributed by atoms with Crippen LogP contribution in [0.4, 0.5) is 0 Å². The topological polar surface area (TPSA) is 52.3 Å². The zero-order valence-electron chi connectivity index (χ0n) is 12.3. The van der Waals surface area contributed by atoms with Crippen molar-refractivity contribution in [2.45, 2.75) is 51.6 Å². The molecule has 110 valence electrons. The monoisotopic (exact) mass is 275 g/mol. The fraction of sp³-hybridized carbons (Fsp3) is 0.588. The second kappa shape index (κ2) is 7.44. The highest BCUT2D eigenvalue weighted by molar-refractivity contribution is 5.89. The summed E-state index contributed by atoms with van der Waals surface area (Å²) < 4.78 is 5.67. The third-order valence-corrected chi connectivity index (χ3v) is 4.18. The molecule has 0 saturated heterocycles. The Morgan fingerprint density at radius 3 is 3.00 bits per heavy atom. The molecule has 1 aromatic carbocycles. The first-order valence-corrected chi connectivity index (χ1v) is 7.73. The van der Waals surface area contributed by atoms with Gasteiger partial charge in [-0.05, 0) is 55.8 Å². The van der Waals surface area contributed by atoms with Crippen LogP contribution in [0, 0.1) is 5.92 Å². The van der Waals surface area contributed by atoms with Gasteiger partial charge in [-0.25, -0.2) is 4.79 Å². The zero-order chi connectivity index (χ0) is 14.4. The third kappa shape index (κ3) is 4.07. The molecule has 1 aliphatic carbocycles. The zero-order valence-corrected chi connectivity index (χ0v) is 12.3. The number of hydrogen-bond donors (Lipinski definition) is 1. The molecule has 0 aromatic heterocycles. The van der Waals surface area contributed by atoms with Gasteiger partial charge in [0.25, 0.3) is 0 Å². The van der Waals surface area contributed by atoms with Crippen LogP contribution in [0.25, 0.3) is 0 Å². The van der Waals surface area contributed by atoms with E-state index in [1.54, 1.807) is 0 Å². The van der Waals surface area contributed by atoms with Crippen LogP contribution in [-0.2, 0) is 11.2 Å². The minimum atomic E-state index is -0.189. The molecular formula is C17H25NO2. The normalized spacial score (nSPS) is 22.5. The summed E-state index contributed by atoms with van der Waals surface area (Å²) in [5.74, 6) is 0.524. The Balaban J connectivity index is 1.95. The van der Waals surface area contributed by atoms with Gasteiger partial charge in [-0.1, -0.05) is 31.9 Å². The van der Waals surface area contributed by atoms with E-state index in [9.17, 15) is 4.79 Å². The van der Waals surface area contributed by atoms with Crippen LogP contribution in [0.3, 0.4) is 0 Å². The quantitative estimate of drug-likeness (QED) is 0.839. The highest BCUT2D eigenvalue weighted by Gasteiger charge is 2.24. The van der Waals surface area contributed by atoms with E-state index in [0.717, 1.165) is 24.8 Å². The van der Waals surface area contributed by atoms with E-state index in [1.807, 2.05) is 24.3 Å². The van der Waals surface area contributed by atoms with Gasteiger partial charge in [-0.2, -0.15) is 0 Å². The molecule has 1 aliphatic rings. The average molecular weight is 275 g/mol. The van der Waals surface area contributed by atoms with Gasteiger partial charge in [0, 0.05) is 0 Å². The molecule has 0 bridgehead atoms. The van der Waals surface area contributed by atoms with Gasteiger partial charge in [0.2, 0.25) is 0 Å². The summed E-state index contributed by atoms with van der Waals surface area (Å²) in [5.41, 5.74) is 7.29. The van der Waals surface area contributed by atoms with Crippen molar-refractivity contribution in [3.05, 3.63) is 35.4 Å². The standard InChI is InChI=1S/C17H25NO2/c1-2-13-5-4-8-16(12-13)20-17(19)15-7-3-6-14(11-15)9-10-18/h3,6-7,11,13,16H,2,4-5,8-10,12,18H2,1H3. The molecule has 0 radical (unpaired) electrons. The van der Waals surface area contributed by atoms with Gasteiger partial charge in [0.05, 0.1) is 5.56 Å². The lowest BCUT2D eigenvalue weighted by Gasteiger charge is -2.28. The average Bonchev–Trinajstić information content (AvgIpc) is 2.48. The number of ether oxygens (including phenoxy) is 1. The lowest BCUT2D eigenvalue weighted by atomic mass is 9.85. The molecule has 20 heavy (non-hydrogen) atoms. The largest absolute Gasteiger partial charge is 0.459 e. The summed E-state index contributed by atoms with van der Waals surface area (Å²) in [6.45, 7) is 2.81. The second-order valence-electron chi connectivity index (χ2n) is 5.71. The van der Waals surface area contributed by atoms with Crippen molar-refractivity contribution in [3.63, 3.8) is 0 Å². The summed E-state index contributed by atoms with van der Waals surface area (Å²) in [5, 5.41) is 0. The number of nitrogens with two attached hydrogens (primary N) is 1. The smallest absolute Gasteiger partial charge is 0.338 e. The summed E-state index contributed by atoms with van der Waals surface area (Å²) in [6, 6.07) is 7.62. The maximum absolute atomic E-state index is 12.2. The van der Waals surface area contributed by atoms with Gasteiger partial charge in [-0.15, -0.1) is 0 Å². The lowest BCUT2D eigenvalue weighted by molar-refractivity contribution is 0.0140. The van der Waals surface area contributed by atoms with E-state index in [2.05, 4.69) is 6.92 Å². The third-order valence-electron chi connectivity index (χ3n) is 4.18. The van der Waals surface area contributed by atoms with Crippen LogP contribution in [0.2, 0.25) is 0 Å². The van der Waals surface area contributed by atoms with Crippen LogP contribution < -0.4 is 5.73 Å². The Hall–Kier alpha value is -1.35. The molecule has 2 unspecified atom stereocenters. The predicted molar refractivity (Wildman–Crippen MR) is 80.7 cm³/mol. The second-order valence-corrected chi connectivity index (χ2v) is 5.71. The predicted octanol–water partition coefficient (Wildman–Crippen LogP) is 3.31. The maximum Gasteiger partial charge on any atom is 0.338 e. The Kier molecular flexibility index (Phi) is 5.60. The van der Waals surface area contributed by atoms with Gasteiger partial charge in [0.15, 0.2) is 0 Å². The summed E-state index contributed by atoms with van der Waals surface area (Å²) in [6.07, 6.45) is 6.54. The van der Waals surface area contributed by atoms with Gasteiger partial charge >= 0.3 is 5.97 Å². The number of benzene rings is 1. The molecule has 1 fully saturated rings. The molecule has 0 aliphatic heterocycles. The van der Waals surface area contributed by atoms with E-state index < -0.39 is 0 Å². The lowest BCUT2D eigenvalue weighted by Crippen LogP contribution is -2.25. The number of hydrogen-bond acceptors (Lipinski definition) is 3. The highest BCUT2D eigenvalue weighted by atomic mass is 16.5. The first kappa shape index (κ1) is 15.0. The van der Waals surface area contributed by atoms with E-state index in [-0.39, 0.29) is 12.1 Å². The maximum atomic E-state index is 12.2. The summed E-state index contributed by atoms with van der Waals surface area (Å²) in [4.78, 5) is 12.2. The molecule has 0 heterocycles. The molecule has 2 N–H and O–H groups in total. The van der Waals surface area contributed by atoms with Crippen LogP contribution in [0.1, 0.15) is 54.9 Å². The summed E-state index contributed by atoms with van der Waals surface area (Å²) in [7, 11) is 0. The van der Waals surface area contributed by atoms with Gasteiger partial charge in [-0.3, -0.25) is 0 Å². The van der Waals surface area contributed by atoms with E-state index in [4.69, 9.17) is 10.5 Å². The van der Waals surface area contributed by atoms with Crippen LogP contribution in [0.15, 0.2) is 24.3 Å². The molecule has 1 saturated carbocycles. The molecule has 2 atom stereocenters. The Morgan fingerprint density at radius 1 is 1.40 bits per heavy atom.